The number of hydrogen-bond donors (Lipinski definition) is 1. The van der Waals surface area contributed by atoms with E-state index in [0.717, 1.165) is 25.7 Å². The highest BCUT2D eigenvalue weighted by Crippen LogP contribution is 2.43. The number of nitrogens with zero attached hydrogens (tertiary/aromatic N) is 2. The number of aromatic nitrogens is 2. The molecule has 1 aliphatic carbocycles. The van der Waals surface area contributed by atoms with Crippen LogP contribution >= 0.6 is 0 Å². The molecule has 100 valence electrons. The van der Waals surface area contributed by atoms with Crippen molar-refractivity contribution in [3.05, 3.63) is 11.7 Å². The third-order valence-electron chi connectivity index (χ3n) is 3.72. The molecule has 1 fully saturated rings. The lowest BCUT2D eigenvalue weighted by Gasteiger charge is -2.24. The molecule has 2 rings (SSSR count). The lowest BCUT2D eigenvalue weighted by atomic mass is 9.79. The van der Waals surface area contributed by atoms with Crippen molar-refractivity contribution in [3.63, 3.8) is 0 Å². The minimum Gasteiger partial charge on any atom is -0.481 e. The largest absolute Gasteiger partial charge is 0.481 e. The van der Waals surface area contributed by atoms with E-state index in [2.05, 4.69) is 10.1 Å². The molecule has 1 saturated carbocycles. The molecule has 0 atom stereocenters. The maximum Gasteiger partial charge on any atom is 0.303 e. The summed E-state index contributed by atoms with van der Waals surface area (Å²) in [6.45, 7) is 4.02. The van der Waals surface area contributed by atoms with Crippen LogP contribution in [0.5, 0.6) is 0 Å². The number of aliphatic carboxylic acids is 1. The monoisotopic (exact) mass is 252 g/mol. The molecule has 1 heterocycles. The van der Waals surface area contributed by atoms with Crippen molar-refractivity contribution in [1.29, 1.82) is 0 Å². The molecular formula is C13H20N2O3. The van der Waals surface area contributed by atoms with Gasteiger partial charge in [-0.15, -0.1) is 0 Å². The topological polar surface area (TPSA) is 76.2 Å². The average molecular weight is 252 g/mol. The van der Waals surface area contributed by atoms with Crippen LogP contribution in [0.25, 0.3) is 0 Å². The Labute approximate surface area is 107 Å². The van der Waals surface area contributed by atoms with E-state index in [1.54, 1.807) is 0 Å². The maximum atomic E-state index is 11.0. The lowest BCUT2D eigenvalue weighted by molar-refractivity contribution is -0.139. The minimum absolute atomic E-state index is 0.174. The highest BCUT2D eigenvalue weighted by molar-refractivity contribution is 5.67. The molecule has 0 saturated heterocycles. The van der Waals surface area contributed by atoms with Gasteiger partial charge in [-0.3, -0.25) is 4.79 Å². The summed E-state index contributed by atoms with van der Waals surface area (Å²) in [4.78, 5) is 15.4. The van der Waals surface area contributed by atoms with Crippen LogP contribution in [0.3, 0.4) is 0 Å². The summed E-state index contributed by atoms with van der Waals surface area (Å²) in [5.41, 5.74) is -0.174. The Balaban J connectivity index is 2.10. The van der Waals surface area contributed by atoms with Crippen molar-refractivity contribution in [1.82, 2.24) is 10.1 Å². The van der Waals surface area contributed by atoms with Gasteiger partial charge in [0.25, 0.3) is 0 Å². The Morgan fingerprint density at radius 2 is 2.11 bits per heavy atom. The van der Waals surface area contributed by atoms with Crippen molar-refractivity contribution in [3.8, 4) is 0 Å². The van der Waals surface area contributed by atoms with Gasteiger partial charge in [0.2, 0.25) is 5.89 Å². The number of carboxylic acids is 1. The van der Waals surface area contributed by atoms with Crippen LogP contribution in [0.2, 0.25) is 0 Å². The van der Waals surface area contributed by atoms with E-state index in [0.29, 0.717) is 18.1 Å². The van der Waals surface area contributed by atoms with Crippen molar-refractivity contribution in [2.24, 2.45) is 5.41 Å². The predicted molar refractivity (Wildman–Crippen MR) is 65.2 cm³/mol. The number of carbonyl (C=O) groups is 1. The molecule has 0 aromatic carbocycles. The number of hydrogen-bond acceptors (Lipinski definition) is 4. The summed E-state index contributed by atoms with van der Waals surface area (Å²) in [5.74, 6) is 0.789. The fraction of sp³-hybridized carbons (Fsp3) is 0.769. The van der Waals surface area contributed by atoms with Gasteiger partial charge in [0.05, 0.1) is 6.42 Å². The molecule has 0 spiro atoms. The first-order chi connectivity index (χ1) is 8.51. The summed E-state index contributed by atoms with van der Waals surface area (Å²) in [5, 5.41) is 13.0. The molecule has 0 radical (unpaired) electrons. The van der Waals surface area contributed by atoms with Crippen LogP contribution in [0.1, 0.15) is 63.6 Å². The SMILES string of the molecule is CC(C)c1noc(CC2(CC(=O)O)CCCC2)n1. The molecule has 0 unspecified atom stereocenters. The van der Waals surface area contributed by atoms with E-state index in [-0.39, 0.29) is 17.8 Å². The zero-order valence-corrected chi connectivity index (χ0v) is 11.0. The third-order valence-corrected chi connectivity index (χ3v) is 3.72. The Hall–Kier alpha value is -1.39. The summed E-state index contributed by atoms with van der Waals surface area (Å²) in [6.07, 6.45) is 4.87. The molecule has 0 bridgehead atoms. The van der Waals surface area contributed by atoms with Gasteiger partial charge in [-0.25, -0.2) is 0 Å². The minimum atomic E-state index is -0.736. The van der Waals surface area contributed by atoms with Crippen LogP contribution in [-0.4, -0.2) is 21.2 Å². The fourth-order valence-electron chi connectivity index (χ4n) is 2.76. The number of carboxylic acid groups (broad SMARTS) is 1. The Bertz CT molecular complexity index is 420. The van der Waals surface area contributed by atoms with Crippen LogP contribution < -0.4 is 0 Å². The molecular weight excluding hydrogens is 232 g/mol. The normalized spacial score (nSPS) is 18.4. The average Bonchev–Trinajstić information content (AvgIpc) is 2.87. The van der Waals surface area contributed by atoms with Gasteiger partial charge >= 0.3 is 5.97 Å². The second-order valence-electron chi connectivity index (χ2n) is 5.66. The summed E-state index contributed by atoms with van der Waals surface area (Å²) in [7, 11) is 0. The van der Waals surface area contributed by atoms with Gasteiger partial charge < -0.3 is 9.63 Å². The van der Waals surface area contributed by atoms with Crippen LogP contribution in [0.15, 0.2) is 4.52 Å². The highest BCUT2D eigenvalue weighted by atomic mass is 16.5. The zero-order valence-electron chi connectivity index (χ0n) is 11.0. The summed E-state index contributed by atoms with van der Waals surface area (Å²) < 4.78 is 5.24. The molecule has 0 aliphatic heterocycles. The van der Waals surface area contributed by atoms with E-state index >= 15 is 0 Å². The molecule has 5 heteroatoms. The first kappa shape index (κ1) is 13.1. The lowest BCUT2D eigenvalue weighted by Crippen LogP contribution is -2.24. The Kier molecular flexibility index (Phi) is 3.68. The van der Waals surface area contributed by atoms with E-state index in [1.807, 2.05) is 13.8 Å². The molecule has 1 N–H and O–H groups in total. The molecule has 0 amide bonds. The van der Waals surface area contributed by atoms with E-state index < -0.39 is 5.97 Å². The van der Waals surface area contributed by atoms with Crippen molar-refractivity contribution >= 4 is 5.97 Å². The third kappa shape index (κ3) is 2.89. The van der Waals surface area contributed by atoms with Gasteiger partial charge in [0.15, 0.2) is 5.82 Å². The van der Waals surface area contributed by atoms with E-state index in [4.69, 9.17) is 9.63 Å². The molecule has 1 aromatic heterocycles. The van der Waals surface area contributed by atoms with Crippen molar-refractivity contribution < 1.29 is 14.4 Å². The summed E-state index contributed by atoms with van der Waals surface area (Å²) >= 11 is 0. The standard InChI is InChI=1S/C13H20N2O3/c1-9(2)12-14-10(18-15-12)7-13(8-11(16)17)5-3-4-6-13/h9H,3-8H2,1-2H3,(H,16,17). The van der Waals surface area contributed by atoms with Crippen molar-refractivity contribution in [2.75, 3.05) is 0 Å². The van der Waals surface area contributed by atoms with Gasteiger partial charge in [-0.05, 0) is 18.3 Å². The second-order valence-corrected chi connectivity index (χ2v) is 5.66. The van der Waals surface area contributed by atoms with Crippen LogP contribution in [0, 0.1) is 5.41 Å². The summed E-state index contributed by atoms with van der Waals surface area (Å²) in [6, 6.07) is 0. The molecule has 18 heavy (non-hydrogen) atoms. The van der Waals surface area contributed by atoms with Crippen LogP contribution in [0.4, 0.5) is 0 Å². The van der Waals surface area contributed by atoms with Gasteiger partial charge in [-0.1, -0.05) is 31.8 Å². The maximum absolute atomic E-state index is 11.0. The quantitative estimate of drug-likeness (QED) is 0.872. The smallest absolute Gasteiger partial charge is 0.303 e. The number of rotatable bonds is 5. The van der Waals surface area contributed by atoms with E-state index in [9.17, 15) is 4.79 Å². The predicted octanol–water partition coefficient (Wildman–Crippen LogP) is 2.77. The van der Waals surface area contributed by atoms with Gasteiger partial charge in [0, 0.05) is 12.3 Å². The van der Waals surface area contributed by atoms with Crippen LogP contribution in [-0.2, 0) is 11.2 Å². The van der Waals surface area contributed by atoms with Gasteiger partial charge in [0.1, 0.15) is 0 Å². The molecule has 1 aliphatic rings. The second kappa shape index (κ2) is 5.08. The highest BCUT2D eigenvalue weighted by Gasteiger charge is 2.37. The van der Waals surface area contributed by atoms with Crippen molar-refractivity contribution in [2.45, 2.75) is 58.3 Å². The Morgan fingerprint density at radius 1 is 1.44 bits per heavy atom. The Morgan fingerprint density at radius 3 is 2.61 bits per heavy atom. The first-order valence-electron chi connectivity index (χ1n) is 6.55. The van der Waals surface area contributed by atoms with Gasteiger partial charge in [-0.2, -0.15) is 4.98 Å². The molecule has 5 nitrogen and oxygen atoms in total. The first-order valence-corrected chi connectivity index (χ1v) is 6.55. The molecule has 1 aromatic rings. The fourth-order valence-corrected chi connectivity index (χ4v) is 2.76. The zero-order chi connectivity index (χ0) is 13.2. The van der Waals surface area contributed by atoms with E-state index in [1.165, 1.54) is 0 Å².